The van der Waals surface area contributed by atoms with Crippen LogP contribution in [0.2, 0.25) is 0 Å². The van der Waals surface area contributed by atoms with Gasteiger partial charge in [0.2, 0.25) is 5.78 Å². The van der Waals surface area contributed by atoms with Gasteiger partial charge in [0.15, 0.2) is 15.6 Å². The molecule has 0 aliphatic carbocycles. The van der Waals surface area contributed by atoms with E-state index >= 15 is 0 Å². The van der Waals surface area contributed by atoms with Crippen molar-refractivity contribution >= 4 is 15.6 Å². The molecule has 4 nitrogen and oxygen atoms in total. The molecule has 0 radical (unpaired) electrons. The molecule has 0 fully saturated rings. The van der Waals surface area contributed by atoms with Crippen LogP contribution in [0.4, 0.5) is 0 Å². The summed E-state index contributed by atoms with van der Waals surface area (Å²) in [5.41, 5.74) is 0. The van der Waals surface area contributed by atoms with E-state index in [9.17, 15) is 13.2 Å². The lowest BCUT2D eigenvalue weighted by atomic mass is 10.2. The van der Waals surface area contributed by atoms with Gasteiger partial charge < -0.3 is 4.42 Å². The number of furan rings is 1. The van der Waals surface area contributed by atoms with Crippen LogP contribution in [0.3, 0.4) is 0 Å². The van der Waals surface area contributed by atoms with Crippen LogP contribution in [0, 0.1) is 0 Å². The maximum Gasteiger partial charge on any atom is 0.216 e. The van der Waals surface area contributed by atoms with E-state index in [1.807, 2.05) is 0 Å². The summed E-state index contributed by atoms with van der Waals surface area (Å²) in [4.78, 5) is 12.1. The number of hydrogen-bond donors (Lipinski definition) is 0. The van der Waals surface area contributed by atoms with Crippen LogP contribution >= 0.6 is 0 Å². The molecule has 0 saturated carbocycles. The fourth-order valence-electron chi connectivity index (χ4n) is 1.57. The lowest BCUT2D eigenvalue weighted by molar-refractivity contribution is 0.0965. The predicted octanol–water partition coefficient (Wildman–Crippen LogP) is 2.32. The van der Waals surface area contributed by atoms with E-state index in [0.29, 0.717) is 0 Å². The van der Waals surface area contributed by atoms with Gasteiger partial charge in [-0.15, -0.1) is 0 Å². The third kappa shape index (κ3) is 2.22. The number of carbonyl (C=O) groups excluding carboxylic acids is 1. The molecule has 1 aromatic heterocycles. The second-order valence-corrected chi connectivity index (χ2v) is 6.11. The number of Topliss-reactive ketones (excluding diaryl/α,β-unsaturated/α-hetero) is 1. The largest absolute Gasteiger partial charge is 0.461 e. The third-order valence-corrected chi connectivity index (χ3v) is 4.74. The molecule has 18 heavy (non-hydrogen) atoms. The van der Waals surface area contributed by atoms with E-state index in [1.165, 1.54) is 31.4 Å². The minimum Gasteiger partial charge on any atom is -0.461 e. The molecule has 0 aliphatic heterocycles. The summed E-state index contributed by atoms with van der Waals surface area (Å²) in [5.74, 6) is -0.481. The molecular formula is C13H12O4S. The minimum absolute atomic E-state index is 0.0574. The molecule has 0 bridgehead atoms. The van der Waals surface area contributed by atoms with E-state index in [0.717, 1.165) is 0 Å². The summed E-state index contributed by atoms with van der Waals surface area (Å²) < 4.78 is 29.3. The van der Waals surface area contributed by atoms with Crippen molar-refractivity contribution in [1.29, 1.82) is 0 Å². The predicted molar refractivity (Wildman–Crippen MR) is 66.1 cm³/mol. The van der Waals surface area contributed by atoms with Gasteiger partial charge in [-0.2, -0.15) is 0 Å². The summed E-state index contributed by atoms with van der Waals surface area (Å²) in [6.07, 6.45) is 1.34. The molecule has 0 aliphatic rings. The van der Waals surface area contributed by atoms with Gasteiger partial charge in [0.05, 0.1) is 11.2 Å². The highest BCUT2D eigenvalue weighted by Gasteiger charge is 2.31. The van der Waals surface area contributed by atoms with E-state index in [4.69, 9.17) is 4.42 Å². The highest BCUT2D eigenvalue weighted by Crippen LogP contribution is 2.19. The zero-order valence-electron chi connectivity index (χ0n) is 9.74. The van der Waals surface area contributed by atoms with Crippen molar-refractivity contribution in [3.63, 3.8) is 0 Å². The van der Waals surface area contributed by atoms with Crippen molar-refractivity contribution in [2.75, 3.05) is 0 Å². The molecule has 0 amide bonds. The molecule has 94 valence electrons. The summed E-state index contributed by atoms with van der Waals surface area (Å²) in [6.45, 7) is 1.37. The van der Waals surface area contributed by atoms with Gasteiger partial charge in [0.25, 0.3) is 0 Å². The van der Waals surface area contributed by atoms with Crippen molar-refractivity contribution in [3.05, 3.63) is 54.5 Å². The summed E-state index contributed by atoms with van der Waals surface area (Å²) >= 11 is 0. The van der Waals surface area contributed by atoms with Crippen LogP contribution in [-0.4, -0.2) is 19.5 Å². The number of ketones is 1. The quantitative estimate of drug-likeness (QED) is 0.795. The molecule has 0 saturated heterocycles. The molecule has 1 atom stereocenters. The second kappa shape index (κ2) is 4.78. The first-order chi connectivity index (χ1) is 8.53. The van der Waals surface area contributed by atoms with Gasteiger partial charge in [0.1, 0.15) is 5.25 Å². The fourth-order valence-corrected chi connectivity index (χ4v) is 2.92. The van der Waals surface area contributed by atoms with E-state index in [2.05, 4.69) is 0 Å². The number of rotatable bonds is 4. The Hall–Kier alpha value is -1.88. The summed E-state index contributed by atoms with van der Waals surface area (Å²) in [5, 5.41) is -1.16. The second-order valence-electron chi connectivity index (χ2n) is 3.84. The minimum atomic E-state index is -3.67. The monoisotopic (exact) mass is 264 g/mol. The lowest BCUT2D eigenvalue weighted by Crippen LogP contribution is -2.27. The number of sulfone groups is 1. The fraction of sp³-hybridized carbons (Fsp3) is 0.154. The molecule has 1 aromatic carbocycles. The van der Waals surface area contributed by atoms with Gasteiger partial charge in [-0.25, -0.2) is 8.42 Å². The molecular weight excluding hydrogens is 252 g/mol. The van der Waals surface area contributed by atoms with Crippen LogP contribution in [0.1, 0.15) is 17.5 Å². The Morgan fingerprint density at radius 3 is 2.33 bits per heavy atom. The first-order valence-electron chi connectivity index (χ1n) is 5.40. The average Bonchev–Trinajstić information content (AvgIpc) is 2.92. The average molecular weight is 264 g/mol. The smallest absolute Gasteiger partial charge is 0.216 e. The van der Waals surface area contributed by atoms with Gasteiger partial charge in [-0.1, -0.05) is 18.2 Å². The lowest BCUT2D eigenvalue weighted by Gasteiger charge is -2.10. The zero-order valence-corrected chi connectivity index (χ0v) is 10.6. The topological polar surface area (TPSA) is 64.3 Å². The standard InChI is InChI=1S/C13H12O4S/c1-10(13(14)12-8-5-9-17-12)18(15,16)11-6-3-2-4-7-11/h2-10H,1H3. The van der Waals surface area contributed by atoms with Crippen molar-refractivity contribution in [2.24, 2.45) is 0 Å². The van der Waals surface area contributed by atoms with Crippen LogP contribution < -0.4 is 0 Å². The zero-order chi connectivity index (χ0) is 13.2. The van der Waals surface area contributed by atoms with Gasteiger partial charge in [-0.3, -0.25) is 4.79 Å². The van der Waals surface area contributed by atoms with Crippen LogP contribution in [0.15, 0.2) is 58.0 Å². The van der Waals surface area contributed by atoms with Crippen LogP contribution in [0.5, 0.6) is 0 Å². The first kappa shape index (κ1) is 12.6. The summed E-state index contributed by atoms with van der Waals surface area (Å²) in [6, 6.07) is 10.9. The maximum atomic E-state index is 12.2. The number of benzene rings is 1. The van der Waals surface area contributed by atoms with E-state index in [1.54, 1.807) is 24.3 Å². The van der Waals surface area contributed by atoms with Gasteiger partial charge in [-0.05, 0) is 31.2 Å². The number of carbonyl (C=O) groups is 1. The summed E-state index contributed by atoms with van der Waals surface area (Å²) in [7, 11) is -3.67. The van der Waals surface area contributed by atoms with Crippen molar-refractivity contribution in [1.82, 2.24) is 0 Å². The molecule has 1 heterocycles. The molecule has 5 heteroatoms. The van der Waals surface area contributed by atoms with E-state index < -0.39 is 20.9 Å². The Bertz CT molecular complexity index is 627. The molecule has 0 spiro atoms. The molecule has 1 unspecified atom stereocenters. The van der Waals surface area contributed by atoms with Crippen LogP contribution in [0.25, 0.3) is 0 Å². The Balaban J connectivity index is 2.35. The normalized spacial score (nSPS) is 13.2. The van der Waals surface area contributed by atoms with Crippen molar-refractivity contribution < 1.29 is 17.6 Å². The SMILES string of the molecule is CC(C(=O)c1ccco1)S(=O)(=O)c1ccccc1. The highest BCUT2D eigenvalue weighted by atomic mass is 32.2. The van der Waals surface area contributed by atoms with Crippen molar-refractivity contribution in [2.45, 2.75) is 17.1 Å². The Morgan fingerprint density at radius 2 is 1.78 bits per heavy atom. The Morgan fingerprint density at radius 1 is 1.11 bits per heavy atom. The van der Waals surface area contributed by atoms with Crippen LogP contribution in [-0.2, 0) is 9.84 Å². The molecule has 0 N–H and O–H groups in total. The van der Waals surface area contributed by atoms with Crippen molar-refractivity contribution in [3.8, 4) is 0 Å². The third-order valence-electron chi connectivity index (χ3n) is 2.67. The van der Waals surface area contributed by atoms with E-state index in [-0.39, 0.29) is 10.7 Å². The maximum absolute atomic E-state index is 12.2. The van der Waals surface area contributed by atoms with Gasteiger partial charge in [0, 0.05) is 0 Å². The van der Waals surface area contributed by atoms with Gasteiger partial charge >= 0.3 is 0 Å². The highest BCUT2D eigenvalue weighted by molar-refractivity contribution is 7.92. The Labute approximate surface area is 105 Å². The molecule has 2 aromatic rings. The Kier molecular flexibility index (Phi) is 3.34. The number of hydrogen-bond acceptors (Lipinski definition) is 4. The molecule has 2 rings (SSSR count). The first-order valence-corrected chi connectivity index (χ1v) is 6.95.